The van der Waals surface area contributed by atoms with Crippen LogP contribution in [-0.2, 0) is 11.3 Å². The van der Waals surface area contributed by atoms with Crippen molar-refractivity contribution >= 4 is 29.2 Å². The summed E-state index contributed by atoms with van der Waals surface area (Å²) in [5, 5.41) is 3.22. The van der Waals surface area contributed by atoms with E-state index in [0.29, 0.717) is 43.2 Å². The Morgan fingerprint density at radius 1 is 1.23 bits per heavy atom. The highest BCUT2D eigenvalue weighted by Gasteiger charge is 2.25. The number of nitrogens with two attached hydrogens (primary N) is 1. The number of pyridine rings is 2. The molecule has 2 aromatic heterocycles. The Morgan fingerprint density at radius 3 is 2.65 bits per heavy atom. The molecule has 136 valence electrons. The fourth-order valence-corrected chi connectivity index (χ4v) is 3.13. The maximum Gasteiger partial charge on any atom is 0.253 e. The minimum Gasteiger partial charge on any atom is -0.369 e. The van der Waals surface area contributed by atoms with E-state index in [1.165, 1.54) is 6.20 Å². The van der Waals surface area contributed by atoms with Crippen LogP contribution in [0, 0.1) is 5.92 Å². The van der Waals surface area contributed by atoms with Crippen LogP contribution < -0.4 is 16.0 Å². The van der Waals surface area contributed by atoms with Crippen LogP contribution in [-0.4, -0.2) is 34.9 Å². The van der Waals surface area contributed by atoms with Crippen molar-refractivity contribution in [3.8, 4) is 0 Å². The second-order valence-corrected chi connectivity index (χ2v) is 6.59. The van der Waals surface area contributed by atoms with Gasteiger partial charge in [0.05, 0.1) is 5.56 Å². The summed E-state index contributed by atoms with van der Waals surface area (Å²) in [4.78, 5) is 34.1. The monoisotopic (exact) mass is 373 g/mol. The van der Waals surface area contributed by atoms with E-state index in [2.05, 4.69) is 20.2 Å². The van der Waals surface area contributed by atoms with E-state index in [1.54, 1.807) is 18.3 Å². The van der Waals surface area contributed by atoms with Crippen LogP contribution in [0.15, 0.2) is 36.7 Å². The van der Waals surface area contributed by atoms with Crippen molar-refractivity contribution in [1.29, 1.82) is 0 Å². The van der Waals surface area contributed by atoms with Crippen LogP contribution in [0.25, 0.3) is 0 Å². The summed E-state index contributed by atoms with van der Waals surface area (Å²) in [6, 6.07) is 6.98. The molecule has 26 heavy (non-hydrogen) atoms. The van der Waals surface area contributed by atoms with Crippen LogP contribution >= 0.6 is 11.6 Å². The zero-order valence-electron chi connectivity index (χ0n) is 14.2. The molecule has 0 aromatic carbocycles. The first-order chi connectivity index (χ1) is 12.5. The maximum atomic E-state index is 12.3. The molecule has 0 spiro atoms. The lowest BCUT2D eigenvalue weighted by atomic mass is 9.96. The number of hydrogen-bond acceptors (Lipinski definition) is 5. The van der Waals surface area contributed by atoms with E-state index in [-0.39, 0.29) is 17.7 Å². The fourth-order valence-electron chi connectivity index (χ4n) is 3.02. The molecule has 7 nitrogen and oxygen atoms in total. The smallest absolute Gasteiger partial charge is 0.253 e. The molecule has 3 rings (SSSR count). The van der Waals surface area contributed by atoms with Gasteiger partial charge >= 0.3 is 0 Å². The number of nitrogens with one attached hydrogen (secondary N) is 1. The van der Waals surface area contributed by atoms with Crippen LogP contribution in [0.1, 0.15) is 28.8 Å². The number of piperidine rings is 1. The topological polar surface area (TPSA) is 101 Å². The minimum absolute atomic E-state index is 0.0736. The number of aromatic nitrogens is 2. The molecule has 0 unspecified atom stereocenters. The number of amides is 2. The predicted octanol–water partition coefficient (Wildman–Crippen LogP) is 1.76. The summed E-state index contributed by atoms with van der Waals surface area (Å²) >= 11 is 5.74. The summed E-state index contributed by atoms with van der Waals surface area (Å²) in [6.07, 6.45) is 4.60. The van der Waals surface area contributed by atoms with E-state index < -0.39 is 0 Å². The standard InChI is InChI=1S/C18H20ClN5O2/c19-15-4-3-14(11-22-15)18(26)23-10-13-2-1-7-21-17(13)24-8-5-12(6-9-24)16(20)25/h1-4,7,11-12H,5-6,8-10H2,(H2,20,25)(H,23,26). The number of rotatable bonds is 5. The number of anilines is 1. The SMILES string of the molecule is NC(=O)C1CCN(c2ncccc2CNC(=O)c2ccc(Cl)nc2)CC1. The third-order valence-electron chi connectivity index (χ3n) is 4.49. The molecule has 0 aliphatic carbocycles. The molecule has 1 aliphatic rings. The molecule has 2 amide bonds. The highest BCUT2D eigenvalue weighted by molar-refractivity contribution is 6.29. The molecule has 1 aliphatic heterocycles. The van der Waals surface area contributed by atoms with Crippen molar-refractivity contribution < 1.29 is 9.59 Å². The average molecular weight is 374 g/mol. The second-order valence-electron chi connectivity index (χ2n) is 6.20. The van der Waals surface area contributed by atoms with Crippen molar-refractivity contribution in [3.63, 3.8) is 0 Å². The van der Waals surface area contributed by atoms with Crippen LogP contribution in [0.2, 0.25) is 5.15 Å². The molecule has 1 saturated heterocycles. The number of carbonyl (C=O) groups excluding carboxylic acids is 2. The summed E-state index contributed by atoms with van der Waals surface area (Å²) in [5.74, 6) is 0.284. The lowest BCUT2D eigenvalue weighted by Crippen LogP contribution is -2.39. The number of nitrogens with zero attached hydrogens (tertiary/aromatic N) is 3. The van der Waals surface area contributed by atoms with Gasteiger partial charge in [0.15, 0.2) is 0 Å². The maximum absolute atomic E-state index is 12.3. The zero-order valence-corrected chi connectivity index (χ0v) is 14.9. The molecule has 3 heterocycles. The van der Waals surface area contributed by atoms with Crippen molar-refractivity contribution in [2.24, 2.45) is 11.7 Å². The quantitative estimate of drug-likeness (QED) is 0.778. The van der Waals surface area contributed by atoms with Crippen LogP contribution in [0.3, 0.4) is 0 Å². The molecule has 0 atom stereocenters. The molecular weight excluding hydrogens is 354 g/mol. The van der Waals surface area contributed by atoms with Gasteiger partial charge in [0.25, 0.3) is 5.91 Å². The Labute approximate surface area is 156 Å². The van der Waals surface area contributed by atoms with E-state index in [1.807, 2.05) is 12.1 Å². The van der Waals surface area contributed by atoms with Crippen molar-refractivity contribution in [2.45, 2.75) is 19.4 Å². The van der Waals surface area contributed by atoms with Crippen LogP contribution in [0.4, 0.5) is 5.82 Å². The Hall–Kier alpha value is -2.67. The summed E-state index contributed by atoms with van der Waals surface area (Å²) in [6.45, 7) is 1.78. The van der Waals surface area contributed by atoms with Gasteiger partial charge in [-0.25, -0.2) is 9.97 Å². The van der Waals surface area contributed by atoms with Crippen molar-refractivity contribution in [2.75, 3.05) is 18.0 Å². The molecule has 1 fully saturated rings. The van der Waals surface area contributed by atoms with Gasteiger partial charge in [-0.15, -0.1) is 0 Å². The molecule has 0 bridgehead atoms. The highest BCUT2D eigenvalue weighted by Crippen LogP contribution is 2.24. The van der Waals surface area contributed by atoms with Crippen molar-refractivity contribution in [1.82, 2.24) is 15.3 Å². The lowest BCUT2D eigenvalue weighted by Gasteiger charge is -2.32. The molecule has 0 saturated carbocycles. The van der Waals surface area contributed by atoms with Gasteiger partial charge < -0.3 is 16.0 Å². The van der Waals surface area contributed by atoms with E-state index in [4.69, 9.17) is 17.3 Å². The number of halogens is 1. The molecule has 2 aromatic rings. The summed E-state index contributed by atoms with van der Waals surface area (Å²) < 4.78 is 0. The normalized spacial score (nSPS) is 14.9. The molecular formula is C18H20ClN5O2. The van der Waals surface area contributed by atoms with Gasteiger partial charge in [-0.3, -0.25) is 9.59 Å². The number of primary amides is 1. The van der Waals surface area contributed by atoms with Gasteiger partial charge in [0.2, 0.25) is 5.91 Å². The zero-order chi connectivity index (χ0) is 18.5. The predicted molar refractivity (Wildman–Crippen MR) is 98.8 cm³/mol. The molecule has 8 heteroatoms. The molecule has 0 radical (unpaired) electrons. The molecule has 3 N–H and O–H groups in total. The van der Waals surface area contributed by atoms with Gasteiger partial charge in [0.1, 0.15) is 11.0 Å². The Balaban J connectivity index is 1.65. The van der Waals surface area contributed by atoms with E-state index in [0.717, 1.165) is 11.4 Å². The first-order valence-electron chi connectivity index (χ1n) is 8.42. The highest BCUT2D eigenvalue weighted by atomic mass is 35.5. The lowest BCUT2D eigenvalue weighted by molar-refractivity contribution is -0.122. The third kappa shape index (κ3) is 4.29. The first-order valence-corrected chi connectivity index (χ1v) is 8.80. The van der Waals surface area contributed by atoms with E-state index >= 15 is 0 Å². The Morgan fingerprint density at radius 2 is 2.00 bits per heavy atom. The van der Waals surface area contributed by atoms with Gasteiger partial charge in [-0.2, -0.15) is 0 Å². The van der Waals surface area contributed by atoms with Gasteiger partial charge in [0, 0.05) is 43.5 Å². The number of carbonyl (C=O) groups is 2. The minimum atomic E-state index is -0.241. The number of hydrogen-bond donors (Lipinski definition) is 2. The Kier molecular flexibility index (Phi) is 5.68. The van der Waals surface area contributed by atoms with Gasteiger partial charge in [-0.05, 0) is 31.0 Å². The fraction of sp³-hybridized carbons (Fsp3) is 0.333. The van der Waals surface area contributed by atoms with Gasteiger partial charge in [-0.1, -0.05) is 17.7 Å². The van der Waals surface area contributed by atoms with Crippen molar-refractivity contribution in [3.05, 3.63) is 52.9 Å². The summed E-state index contributed by atoms with van der Waals surface area (Å²) in [5.41, 5.74) is 6.76. The summed E-state index contributed by atoms with van der Waals surface area (Å²) in [7, 11) is 0. The largest absolute Gasteiger partial charge is 0.369 e. The second kappa shape index (κ2) is 8.14. The van der Waals surface area contributed by atoms with E-state index in [9.17, 15) is 9.59 Å². The third-order valence-corrected chi connectivity index (χ3v) is 4.72. The first kappa shape index (κ1) is 18.1. The van der Waals surface area contributed by atoms with Crippen LogP contribution in [0.5, 0.6) is 0 Å². The Bertz CT molecular complexity index is 788. The average Bonchev–Trinajstić information content (AvgIpc) is 2.67.